The van der Waals surface area contributed by atoms with Crippen LogP contribution in [-0.2, 0) is 4.79 Å². The van der Waals surface area contributed by atoms with Crippen LogP contribution in [0, 0.1) is 11.8 Å². The van der Waals surface area contributed by atoms with Crippen LogP contribution >= 0.6 is 0 Å². The Morgan fingerprint density at radius 3 is 2.62 bits per heavy atom. The van der Waals surface area contributed by atoms with Crippen molar-refractivity contribution >= 4 is 5.78 Å². The third-order valence-corrected chi connectivity index (χ3v) is 1.85. The largest absolute Gasteiger partial charge is 0.294 e. The number of fused-ring (bicyclic) bond motifs is 1. The SMILES string of the molecule is C=C1C2C=CC(=O)C12. The van der Waals surface area contributed by atoms with Crippen LogP contribution in [0.3, 0.4) is 0 Å². The molecular weight excluding hydrogens is 100 g/mol. The normalized spacial score (nSPS) is 40.5. The van der Waals surface area contributed by atoms with E-state index in [1.54, 1.807) is 6.08 Å². The van der Waals surface area contributed by atoms with E-state index in [0.29, 0.717) is 5.92 Å². The molecule has 0 radical (unpaired) electrons. The fraction of sp³-hybridized carbons (Fsp3) is 0.286. The average molecular weight is 106 g/mol. The van der Waals surface area contributed by atoms with Crippen LogP contribution in [-0.4, -0.2) is 5.78 Å². The van der Waals surface area contributed by atoms with Crippen molar-refractivity contribution in [3.63, 3.8) is 0 Å². The molecule has 0 bridgehead atoms. The molecular formula is C7H6O. The maximum Gasteiger partial charge on any atom is 0.163 e. The summed E-state index contributed by atoms with van der Waals surface area (Å²) in [5, 5.41) is 0. The Kier molecular flexibility index (Phi) is 0.480. The Balaban J connectivity index is 2.42. The van der Waals surface area contributed by atoms with Crippen molar-refractivity contribution in [2.75, 3.05) is 0 Å². The molecule has 8 heavy (non-hydrogen) atoms. The highest BCUT2D eigenvalue weighted by molar-refractivity contribution is 6.01. The second-order valence-corrected chi connectivity index (χ2v) is 2.34. The van der Waals surface area contributed by atoms with Crippen LogP contribution in [0.2, 0.25) is 0 Å². The van der Waals surface area contributed by atoms with Gasteiger partial charge < -0.3 is 0 Å². The first-order valence-corrected chi connectivity index (χ1v) is 2.71. The molecule has 2 unspecified atom stereocenters. The summed E-state index contributed by atoms with van der Waals surface area (Å²) in [5.74, 6) is 0.887. The topological polar surface area (TPSA) is 17.1 Å². The average Bonchev–Trinajstić information content (AvgIpc) is 2.13. The van der Waals surface area contributed by atoms with Crippen LogP contribution in [0.25, 0.3) is 0 Å². The first-order valence-electron chi connectivity index (χ1n) is 2.71. The van der Waals surface area contributed by atoms with Crippen molar-refractivity contribution in [2.45, 2.75) is 0 Å². The molecule has 0 spiro atoms. The number of allylic oxidation sites excluding steroid dienone is 3. The van der Waals surface area contributed by atoms with Crippen molar-refractivity contribution in [3.05, 3.63) is 24.3 Å². The number of hydrogen-bond acceptors (Lipinski definition) is 1. The Morgan fingerprint density at radius 2 is 2.38 bits per heavy atom. The van der Waals surface area contributed by atoms with E-state index in [0.717, 1.165) is 5.57 Å². The first kappa shape index (κ1) is 4.07. The molecule has 0 aromatic heterocycles. The van der Waals surface area contributed by atoms with E-state index in [4.69, 9.17) is 0 Å². The maximum atomic E-state index is 10.7. The molecule has 1 heteroatoms. The second-order valence-electron chi connectivity index (χ2n) is 2.34. The molecule has 40 valence electrons. The van der Waals surface area contributed by atoms with Gasteiger partial charge >= 0.3 is 0 Å². The lowest BCUT2D eigenvalue weighted by molar-refractivity contribution is -0.115. The summed E-state index contributed by atoms with van der Waals surface area (Å²) in [4.78, 5) is 10.7. The summed E-state index contributed by atoms with van der Waals surface area (Å²) < 4.78 is 0. The minimum Gasteiger partial charge on any atom is -0.294 e. The van der Waals surface area contributed by atoms with Gasteiger partial charge in [0, 0.05) is 5.92 Å². The van der Waals surface area contributed by atoms with Crippen LogP contribution in [0.1, 0.15) is 0 Å². The summed E-state index contributed by atoms with van der Waals surface area (Å²) in [6.45, 7) is 3.73. The molecule has 0 amide bonds. The molecule has 0 saturated heterocycles. The summed E-state index contributed by atoms with van der Waals surface area (Å²) in [7, 11) is 0. The minimum atomic E-state index is 0.204. The zero-order valence-corrected chi connectivity index (χ0v) is 4.42. The van der Waals surface area contributed by atoms with Gasteiger partial charge in [0.25, 0.3) is 0 Å². The number of carbonyl (C=O) groups is 1. The monoisotopic (exact) mass is 106 g/mol. The van der Waals surface area contributed by atoms with Gasteiger partial charge in [0.2, 0.25) is 0 Å². The van der Waals surface area contributed by atoms with Crippen LogP contribution in [0.5, 0.6) is 0 Å². The van der Waals surface area contributed by atoms with E-state index in [1.807, 2.05) is 6.08 Å². The predicted octanol–water partition coefficient (Wildman–Crippen LogP) is 0.927. The van der Waals surface area contributed by atoms with Gasteiger partial charge in [-0.3, -0.25) is 4.79 Å². The molecule has 0 aromatic rings. The lowest BCUT2D eigenvalue weighted by Crippen LogP contribution is -1.89. The van der Waals surface area contributed by atoms with Crippen molar-refractivity contribution < 1.29 is 4.79 Å². The van der Waals surface area contributed by atoms with Gasteiger partial charge in [-0.1, -0.05) is 18.2 Å². The summed E-state index contributed by atoms with van der Waals surface area (Å²) in [6.07, 6.45) is 3.60. The molecule has 0 N–H and O–H groups in total. The molecule has 1 saturated carbocycles. The third-order valence-electron chi connectivity index (χ3n) is 1.85. The number of hydrogen-bond donors (Lipinski definition) is 0. The van der Waals surface area contributed by atoms with E-state index in [1.165, 1.54) is 0 Å². The number of ketones is 1. The minimum absolute atomic E-state index is 0.204. The predicted molar refractivity (Wildman–Crippen MR) is 30.3 cm³/mol. The molecule has 1 fully saturated rings. The van der Waals surface area contributed by atoms with Crippen molar-refractivity contribution in [1.82, 2.24) is 0 Å². The third kappa shape index (κ3) is 0.269. The summed E-state index contributed by atoms with van der Waals surface area (Å²) in [5.41, 5.74) is 1.11. The van der Waals surface area contributed by atoms with E-state index >= 15 is 0 Å². The molecule has 1 nitrogen and oxygen atoms in total. The van der Waals surface area contributed by atoms with Gasteiger partial charge in [-0.15, -0.1) is 0 Å². The molecule has 2 aliphatic rings. The zero-order chi connectivity index (χ0) is 5.72. The molecule has 0 aliphatic heterocycles. The Labute approximate surface area is 47.7 Å². The molecule has 0 aromatic carbocycles. The van der Waals surface area contributed by atoms with Gasteiger partial charge in [0.1, 0.15) is 0 Å². The van der Waals surface area contributed by atoms with Crippen LogP contribution in [0.15, 0.2) is 24.3 Å². The first-order chi connectivity index (χ1) is 3.80. The maximum absolute atomic E-state index is 10.7. The molecule has 2 atom stereocenters. The van der Waals surface area contributed by atoms with Crippen molar-refractivity contribution in [3.8, 4) is 0 Å². The lowest BCUT2D eigenvalue weighted by Gasteiger charge is -1.77. The van der Waals surface area contributed by atoms with E-state index in [2.05, 4.69) is 6.58 Å². The van der Waals surface area contributed by atoms with Crippen LogP contribution < -0.4 is 0 Å². The number of carbonyl (C=O) groups excluding carboxylic acids is 1. The Bertz CT molecular complexity index is 200. The van der Waals surface area contributed by atoms with Crippen LogP contribution in [0.4, 0.5) is 0 Å². The number of rotatable bonds is 0. The Morgan fingerprint density at radius 1 is 1.62 bits per heavy atom. The highest BCUT2D eigenvalue weighted by Crippen LogP contribution is 2.49. The fourth-order valence-corrected chi connectivity index (χ4v) is 1.23. The van der Waals surface area contributed by atoms with E-state index in [-0.39, 0.29) is 11.7 Å². The van der Waals surface area contributed by atoms with Gasteiger partial charge in [-0.25, -0.2) is 0 Å². The van der Waals surface area contributed by atoms with E-state index < -0.39 is 0 Å². The van der Waals surface area contributed by atoms with Gasteiger partial charge in [0.15, 0.2) is 5.78 Å². The molecule has 2 rings (SSSR count). The van der Waals surface area contributed by atoms with Crippen molar-refractivity contribution in [2.24, 2.45) is 11.8 Å². The molecule has 0 heterocycles. The van der Waals surface area contributed by atoms with E-state index in [9.17, 15) is 4.79 Å². The summed E-state index contributed by atoms with van der Waals surface area (Å²) >= 11 is 0. The van der Waals surface area contributed by atoms with Gasteiger partial charge in [0.05, 0.1) is 5.92 Å². The standard InChI is InChI=1S/C7H6O/c1-4-5-2-3-6(8)7(4)5/h2-3,5,7H,1H2. The van der Waals surface area contributed by atoms with Gasteiger partial charge in [-0.2, -0.15) is 0 Å². The quantitative estimate of drug-likeness (QED) is 0.420. The smallest absolute Gasteiger partial charge is 0.163 e. The lowest BCUT2D eigenvalue weighted by atomic mass is 10.3. The molecule has 2 aliphatic carbocycles. The zero-order valence-electron chi connectivity index (χ0n) is 4.42. The summed E-state index contributed by atoms with van der Waals surface area (Å²) in [6, 6.07) is 0. The fourth-order valence-electron chi connectivity index (χ4n) is 1.23. The highest BCUT2D eigenvalue weighted by atomic mass is 16.1. The van der Waals surface area contributed by atoms with Crippen molar-refractivity contribution in [1.29, 1.82) is 0 Å². The second kappa shape index (κ2) is 0.943. The Hall–Kier alpha value is -0.850. The van der Waals surface area contributed by atoms with Gasteiger partial charge in [-0.05, 0) is 6.08 Å². The highest BCUT2D eigenvalue weighted by Gasteiger charge is 2.48.